The molecule has 1 heterocycles. The number of carbonyl (C=O) groups excluding carboxylic acids is 1. The van der Waals surface area contributed by atoms with Crippen LogP contribution in [0.15, 0.2) is 169 Å². The van der Waals surface area contributed by atoms with Crippen molar-refractivity contribution in [2.45, 2.75) is 56.0 Å². The molecule has 7 aromatic carbocycles. The third-order valence-corrected chi connectivity index (χ3v) is 13.0. The van der Waals surface area contributed by atoms with Gasteiger partial charge in [-0.1, -0.05) is 108 Å². The van der Waals surface area contributed by atoms with E-state index < -0.39 is 201 Å². The third-order valence-electron chi connectivity index (χ3n) is 13.0. The molecule has 86 heavy (non-hydrogen) atoms. The van der Waals surface area contributed by atoms with Gasteiger partial charge in [-0.2, -0.15) is 132 Å². The zero-order chi connectivity index (χ0) is 64.0. The van der Waals surface area contributed by atoms with Gasteiger partial charge in [0.25, 0.3) is 5.69 Å². The molecule has 0 saturated heterocycles. The smallest absolute Gasteiger partial charge is 0.416 e. The highest BCUT2D eigenvalue weighted by Crippen LogP contribution is 2.42. The van der Waals surface area contributed by atoms with Crippen LogP contribution in [0, 0.1) is 0 Å². The molecular weight excluding hydrogens is 1220 g/mol. The van der Waals surface area contributed by atoms with Crippen LogP contribution in [0.2, 0.25) is 0 Å². The molecule has 0 saturated carbocycles. The van der Waals surface area contributed by atoms with E-state index >= 15 is 0 Å². The molecule has 0 fully saturated rings. The standard InChI is InChI=1S/C32H12BF24.C23H17N4O2/c34-25(35,36)13-1-14(26(37,38)39)6-21(5-13)33(22-7-15(27(40,41)42)2-16(8-22)28(43,44)45,23-9-17(29(46,47)48)3-18(10-23)30(49,50)51)24-11-19(31(52,53)54)4-20(12-24)32(55,56)57;24-26-25-19-10-6-11-20(15-19)29-23(28)22-14-13-18-9-4-5-12-21(18)27(22)16-17-7-2-1-3-8-17/h1-12H;1-15H,16H2/q-1;+1. The number of nitrogens with zero attached hydrogens (tertiary/aromatic N) is 4. The number of esters is 1. The molecule has 0 N–H and O–H groups in total. The lowest BCUT2D eigenvalue weighted by Crippen LogP contribution is -2.75. The fourth-order valence-corrected chi connectivity index (χ4v) is 9.27. The van der Waals surface area contributed by atoms with E-state index in [0.717, 1.165) is 16.5 Å². The summed E-state index contributed by atoms with van der Waals surface area (Å²) in [4.78, 5) is 15.8. The molecule has 0 aliphatic carbocycles. The maximum absolute atomic E-state index is 14.2. The Morgan fingerprint density at radius 2 is 0.744 bits per heavy atom. The molecule has 0 radical (unpaired) electrons. The van der Waals surface area contributed by atoms with Crippen LogP contribution in [0.25, 0.3) is 21.3 Å². The van der Waals surface area contributed by atoms with Crippen LogP contribution in [0.3, 0.4) is 0 Å². The molecule has 0 unspecified atom stereocenters. The van der Waals surface area contributed by atoms with Crippen LogP contribution in [-0.2, 0) is 56.0 Å². The Bertz CT molecular complexity index is 3440. The Morgan fingerprint density at radius 1 is 0.407 bits per heavy atom. The predicted molar refractivity (Wildman–Crippen MR) is 260 cm³/mol. The second kappa shape index (κ2) is 23.2. The molecule has 31 heteroatoms. The summed E-state index contributed by atoms with van der Waals surface area (Å²) in [5.41, 5.74) is -18.8. The number of para-hydroxylation sites is 1. The number of azide groups is 1. The van der Waals surface area contributed by atoms with Gasteiger partial charge in [0, 0.05) is 33.7 Å². The van der Waals surface area contributed by atoms with Gasteiger partial charge in [-0.05, 0) is 54.1 Å². The summed E-state index contributed by atoms with van der Waals surface area (Å²) in [5, 5.41) is 4.58. The monoisotopic (exact) mass is 1240 g/mol. The van der Waals surface area contributed by atoms with Crippen LogP contribution < -0.4 is 31.2 Å². The number of benzene rings is 7. The quantitative estimate of drug-likeness (QED) is 0.0211. The number of fused-ring (bicyclic) bond motifs is 1. The van der Waals surface area contributed by atoms with Crippen molar-refractivity contribution in [1.29, 1.82) is 0 Å². The number of rotatable bonds is 9. The van der Waals surface area contributed by atoms with Gasteiger partial charge in [0.1, 0.15) is 11.9 Å². The Morgan fingerprint density at radius 3 is 1.08 bits per heavy atom. The van der Waals surface area contributed by atoms with Crippen molar-refractivity contribution in [2.75, 3.05) is 0 Å². The largest absolute Gasteiger partial charge is 0.419 e. The van der Waals surface area contributed by atoms with Crippen molar-refractivity contribution in [3.8, 4) is 5.75 Å². The van der Waals surface area contributed by atoms with Crippen molar-refractivity contribution in [2.24, 2.45) is 5.11 Å². The SMILES string of the molecule is FC(F)(F)c1cc([B-](c2cc(C(F)(F)F)cc(C(F)(F)F)c2)(c2cc(C(F)(F)F)cc(C(F)(F)F)c2)c2cc(C(F)(F)F)cc(C(F)(F)F)c2)cc(C(F)(F)F)c1.[N-]=[N+]=Nc1cccc(OC(=O)c2ccc3ccccc3[n+]2Cc2ccccc2)c1. The van der Waals surface area contributed by atoms with Gasteiger partial charge in [0.15, 0.2) is 6.54 Å². The lowest BCUT2D eigenvalue weighted by molar-refractivity contribution is -0.664. The number of alkyl halides is 24. The normalized spacial score (nSPS) is 13.0. The maximum atomic E-state index is 14.2. The Balaban J connectivity index is 0.000000302. The van der Waals surface area contributed by atoms with Gasteiger partial charge >= 0.3 is 55.4 Å². The molecule has 0 aliphatic heterocycles. The molecule has 0 aliphatic rings. The highest BCUT2D eigenvalue weighted by Gasteiger charge is 2.47. The Kier molecular flexibility index (Phi) is 17.4. The fourth-order valence-electron chi connectivity index (χ4n) is 9.27. The minimum Gasteiger partial charge on any atom is -0.419 e. The molecule has 8 rings (SSSR count). The molecule has 0 spiro atoms. The molecule has 6 nitrogen and oxygen atoms in total. The average molecular weight is 1240 g/mol. The zero-order valence-electron chi connectivity index (χ0n) is 42.0. The van der Waals surface area contributed by atoms with Crippen LogP contribution in [0.4, 0.5) is 111 Å². The molecule has 8 aromatic rings. The summed E-state index contributed by atoms with van der Waals surface area (Å²) in [6, 6.07) is 19.2. The number of ether oxygens (including phenoxy) is 1. The second-order valence-corrected chi connectivity index (χ2v) is 18.6. The van der Waals surface area contributed by atoms with Gasteiger partial charge in [-0.3, -0.25) is 0 Å². The van der Waals surface area contributed by atoms with Gasteiger partial charge in [0.05, 0.1) is 44.5 Å². The van der Waals surface area contributed by atoms with E-state index in [1.165, 1.54) is 6.07 Å². The van der Waals surface area contributed by atoms with E-state index in [2.05, 4.69) is 10.0 Å². The van der Waals surface area contributed by atoms with Crippen molar-refractivity contribution in [3.05, 3.63) is 230 Å². The number of hydrogen-bond donors (Lipinski definition) is 0. The van der Waals surface area contributed by atoms with E-state index in [1.807, 2.05) is 65.2 Å². The first kappa shape index (κ1) is 64.7. The highest BCUT2D eigenvalue weighted by atomic mass is 19.4. The number of pyridine rings is 1. The molecule has 1 aromatic heterocycles. The van der Waals surface area contributed by atoms with E-state index in [9.17, 15) is 110 Å². The van der Waals surface area contributed by atoms with Crippen molar-refractivity contribution >= 4 is 50.6 Å². The van der Waals surface area contributed by atoms with Crippen molar-refractivity contribution in [1.82, 2.24) is 0 Å². The number of aromatic nitrogens is 1. The molecular formula is C55H29BF24N4O2. The number of halogens is 24. The maximum Gasteiger partial charge on any atom is 0.416 e. The van der Waals surface area contributed by atoms with Crippen LogP contribution in [-0.4, -0.2) is 12.1 Å². The zero-order valence-corrected chi connectivity index (χ0v) is 42.0. The number of carbonyl (C=O) groups is 1. The summed E-state index contributed by atoms with van der Waals surface area (Å²) < 4.78 is 348. The van der Waals surface area contributed by atoms with E-state index in [1.54, 1.807) is 24.3 Å². The summed E-state index contributed by atoms with van der Waals surface area (Å²) in [7, 11) is 0. The van der Waals surface area contributed by atoms with Crippen molar-refractivity contribution < 1.29 is 119 Å². The Hall–Kier alpha value is -8.89. The van der Waals surface area contributed by atoms with Crippen LogP contribution >= 0.6 is 0 Å². The lowest BCUT2D eigenvalue weighted by Gasteiger charge is -2.46. The van der Waals surface area contributed by atoms with Gasteiger partial charge in [0.2, 0.25) is 5.52 Å². The second-order valence-electron chi connectivity index (χ2n) is 18.6. The summed E-state index contributed by atoms with van der Waals surface area (Å²) in [6.07, 6.45) is -54.8. The molecule has 452 valence electrons. The summed E-state index contributed by atoms with van der Waals surface area (Å²) in [5.74, 6) is -0.163. The van der Waals surface area contributed by atoms with E-state index in [-0.39, 0.29) is 0 Å². The average Bonchev–Trinajstić information content (AvgIpc) is 0.729. The number of hydrogen-bond acceptors (Lipinski definition) is 3. The Labute approximate surface area is 466 Å². The summed E-state index contributed by atoms with van der Waals surface area (Å²) in [6.45, 7) is 0.533. The van der Waals surface area contributed by atoms with Crippen molar-refractivity contribution in [3.63, 3.8) is 0 Å². The summed E-state index contributed by atoms with van der Waals surface area (Å²) >= 11 is 0. The lowest BCUT2D eigenvalue weighted by atomic mass is 9.12. The van der Waals surface area contributed by atoms with Gasteiger partial charge < -0.3 is 4.74 Å². The first-order valence-corrected chi connectivity index (χ1v) is 23.7. The first-order valence-electron chi connectivity index (χ1n) is 23.7. The fraction of sp³-hybridized carbons (Fsp3) is 0.164. The van der Waals surface area contributed by atoms with Crippen LogP contribution in [0.1, 0.15) is 60.6 Å². The minimum atomic E-state index is -6.13. The predicted octanol–water partition coefficient (Wildman–Crippen LogP) is 16.6. The van der Waals surface area contributed by atoms with E-state index in [0.29, 0.717) is 23.7 Å². The topological polar surface area (TPSA) is 78.9 Å². The highest BCUT2D eigenvalue weighted by molar-refractivity contribution is 7.20. The molecule has 0 bridgehead atoms. The van der Waals surface area contributed by atoms with Gasteiger partial charge in [-0.25, -0.2) is 4.79 Å². The first-order chi connectivity index (χ1) is 39.5. The van der Waals surface area contributed by atoms with Gasteiger partial charge in [-0.15, -0.1) is 0 Å². The third kappa shape index (κ3) is 14.6. The molecule has 0 atom stereocenters. The minimum absolute atomic E-state index is 0.319. The van der Waals surface area contributed by atoms with Crippen LogP contribution in [0.5, 0.6) is 5.75 Å². The molecule has 0 amide bonds. The van der Waals surface area contributed by atoms with E-state index in [4.69, 9.17) is 10.3 Å².